The van der Waals surface area contributed by atoms with Crippen LogP contribution < -0.4 is 5.32 Å². The van der Waals surface area contributed by atoms with Crippen LogP contribution in [0.15, 0.2) is 34.1 Å². The zero-order valence-electron chi connectivity index (χ0n) is 13.3. The van der Waals surface area contributed by atoms with Gasteiger partial charge in [-0.2, -0.15) is 13.2 Å². The number of carbonyl (C=O) groups is 1. The minimum atomic E-state index is -4.61. The van der Waals surface area contributed by atoms with Crippen LogP contribution in [0.5, 0.6) is 0 Å². The number of rotatable bonds is 5. The van der Waals surface area contributed by atoms with E-state index in [1.54, 1.807) is 18.9 Å². The first-order chi connectivity index (χ1) is 11.6. The second kappa shape index (κ2) is 8.07. The average molecular weight is 456 g/mol. The first kappa shape index (κ1) is 20.2. The van der Waals surface area contributed by atoms with Crippen LogP contribution in [0.2, 0.25) is 5.02 Å². The molecule has 2 aromatic rings. The number of nitrogens with zero attached hydrogens (tertiary/aromatic N) is 1. The highest BCUT2D eigenvalue weighted by atomic mass is 79.9. The van der Waals surface area contributed by atoms with Crippen molar-refractivity contribution in [1.82, 2.24) is 4.90 Å². The van der Waals surface area contributed by atoms with Gasteiger partial charge in [0.2, 0.25) is 5.91 Å². The van der Waals surface area contributed by atoms with Gasteiger partial charge in [0, 0.05) is 16.4 Å². The molecular weight excluding hydrogens is 441 g/mol. The zero-order valence-corrected chi connectivity index (χ0v) is 16.5. The van der Waals surface area contributed by atoms with Crippen LogP contribution >= 0.6 is 38.9 Å². The van der Waals surface area contributed by atoms with E-state index in [0.717, 1.165) is 20.8 Å². The highest BCUT2D eigenvalue weighted by molar-refractivity contribution is 9.11. The van der Waals surface area contributed by atoms with Crippen LogP contribution in [0.4, 0.5) is 18.9 Å². The van der Waals surface area contributed by atoms with Crippen molar-refractivity contribution in [3.63, 3.8) is 0 Å². The largest absolute Gasteiger partial charge is 0.418 e. The molecule has 1 unspecified atom stereocenters. The van der Waals surface area contributed by atoms with Crippen molar-refractivity contribution in [2.45, 2.75) is 25.7 Å². The molecular formula is C16H15BrClF3N2OS. The Hall–Kier alpha value is -1.09. The van der Waals surface area contributed by atoms with Gasteiger partial charge in [-0.05, 0) is 60.2 Å². The lowest BCUT2D eigenvalue weighted by Crippen LogP contribution is -2.39. The fourth-order valence-electron chi connectivity index (χ4n) is 2.12. The molecule has 1 N–H and O–H groups in total. The maximum Gasteiger partial charge on any atom is 0.418 e. The second-order valence-electron chi connectivity index (χ2n) is 5.47. The number of hydrogen-bond donors (Lipinski definition) is 1. The van der Waals surface area contributed by atoms with Gasteiger partial charge in [0.1, 0.15) is 0 Å². The predicted octanol–water partition coefficient (Wildman–Crippen LogP) is 5.64. The molecule has 2 rings (SSSR count). The summed E-state index contributed by atoms with van der Waals surface area (Å²) in [6.45, 7) is 2.15. The van der Waals surface area contributed by atoms with Crippen LogP contribution in [0.3, 0.4) is 0 Å². The van der Waals surface area contributed by atoms with E-state index >= 15 is 0 Å². The summed E-state index contributed by atoms with van der Waals surface area (Å²) in [5, 5.41) is 2.31. The van der Waals surface area contributed by atoms with E-state index in [9.17, 15) is 18.0 Å². The van der Waals surface area contributed by atoms with Crippen LogP contribution in [0.1, 0.15) is 17.4 Å². The summed E-state index contributed by atoms with van der Waals surface area (Å²) < 4.78 is 40.3. The summed E-state index contributed by atoms with van der Waals surface area (Å²) >= 11 is 10.5. The topological polar surface area (TPSA) is 32.3 Å². The van der Waals surface area contributed by atoms with Crippen LogP contribution in [0.25, 0.3) is 0 Å². The highest BCUT2D eigenvalue weighted by Crippen LogP contribution is 2.36. The molecule has 0 aliphatic carbocycles. The zero-order chi connectivity index (χ0) is 18.8. The van der Waals surface area contributed by atoms with E-state index in [4.69, 9.17) is 11.6 Å². The number of anilines is 1. The quantitative estimate of drug-likeness (QED) is 0.633. The van der Waals surface area contributed by atoms with E-state index in [-0.39, 0.29) is 10.7 Å². The molecule has 0 saturated heterocycles. The fourth-order valence-corrected chi connectivity index (χ4v) is 3.84. The minimum absolute atomic E-state index is 0.0428. The minimum Gasteiger partial charge on any atom is -0.324 e. The molecule has 1 aromatic heterocycles. The van der Waals surface area contributed by atoms with Crippen molar-refractivity contribution in [2.24, 2.45) is 0 Å². The van der Waals surface area contributed by atoms with Crippen LogP contribution in [-0.2, 0) is 17.5 Å². The van der Waals surface area contributed by atoms with Gasteiger partial charge in [0.25, 0.3) is 0 Å². The molecule has 9 heteroatoms. The molecule has 0 bridgehead atoms. The van der Waals surface area contributed by atoms with Gasteiger partial charge in [-0.1, -0.05) is 11.6 Å². The number of halogens is 5. The molecule has 1 aromatic carbocycles. The first-order valence-corrected chi connectivity index (χ1v) is 9.18. The van der Waals surface area contributed by atoms with Crippen molar-refractivity contribution in [3.8, 4) is 0 Å². The smallest absolute Gasteiger partial charge is 0.324 e. The Balaban J connectivity index is 2.11. The summed E-state index contributed by atoms with van der Waals surface area (Å²) in [6, 6.07) is 6.49. The monoisotopic (exact) mass is 454 g/mol. The van der Waals surface area contributed by atoms with E-state index < -0.39 is 23.7 Å². The molecule has 1 amide bonds. The number of alkyl halides is 3. The van der Waals surface area contributed by atoms with Gasteiger partial charge >= 0.3 is 6.18 Å². The van der Waals surface area contributed by atoms with E-state index in [2.05, 4.69) is 21.2 Å². The van der Waals surface area contributed by atoms with E-state index in [1.807, 2.05) is 12.1 Å². The Morgan fingerprint density at radius 3 is 2.60 bits per heavy atom. The fraction of sp³-hybridized carbons (Fsp3) is 0.312. The third-order valence-corrected chi connectivity index (χ3v) is 5.46. The summed E-state index contributed by atoms with van der Waals surface area (Å²) in [6.07, 6.45) is -4.61. The van der Waals surface area contributed by atoms with Crippen LogP contribution in [-0.4, -0.2) is 23.9 Å². The molecule has 0 fully saturated rings. The standard InChI is InChI=1S/C16H15BrClF3N2OS/c1-9(23(2)8-11-4-6-14(17)25-11)15(24)22-13-5-3-10(18)7-12(13)16(19,20)21/h3-7,9H,8H2,1-2H3,(H,22,24). The lowest BCUT2D eigenvalue weighted by Gasteiger charge is -2.24. The highest BCUT2D eigenvalue weighted by Gasteiger charge is 2.34. The Morgan fingerprint density at radius 2 is 2.04 bits per heavy atom. The van der Waals surface area contributed by atoms with Gasteiger partial charge in [-0.25, -0.2) is 0 Å². The average Bonchev–Trinajstić information content (AvgIpc) is 2.92. The van der Waals surface area contributed by atoms with Crippen molar-refractivity contribution in [3.05, 3.63) is 49.6 Å². The molecule has 1 heterocycles. The Kier molecular flexibility index (Phi) is 6.53. The Bertz CT molecular complexity index is 766. The maximum absolute atomic E-state index is 13.1. The third-order valence-electron chi connectivity index (χ3n) is 3.62. The molecule has 0 aliphatic heterocycles. The molecule has 3 nitrogen and oxygen atoms in total. The lowest BCUT2D eigenvalue weighted by molar-refractivity contribution is -0.137. The molecule has 0 aliphatic rings. The third kappa shape index (κ3) is 5.44. The Labute approximate surface area is 160 Å². The first-order valence-electron chi connectivity index (χ1n) is 7.20. The Morgan fingerprint density at radius 1 is 1.36 bits per heavy atom. The summed E-state index contributed by atoms with van der Waals surface area (Å²) in [5.74, 6) is -0.522. The van der Waals surface area contributed by atoms with Crippen molar-refractivity contribution >= 4 is 50.5 Å². The number of likely N-dealkylation sites (N-methyl/N-ethyl adjacent to an activating group) is 1. The predicted molar refractivity (Wildman–Crippen MR) is 98.0 cm³/mol. The number of carbonyl (C=O) groups excluding carboxylic acids is 1. The maximum atomic E-state index is 13.1. The van der Waals surface area contributed by atoms with Gasteiger partial charge < -0.3 is 5.32 Å². The van der Waals surface area contributed by atoms with E-state index in [1.165, 1.54) is 17.4 Å². The van der Waals surface area contributed by atoms with Gasteiger partial charge in [-0.3, -0.25) is 9.69 Å². The number of amides is 1. The number of hydrogen-bond acceptors (Lipinski definition) is 3. The van der Waals surface area contributed by atoms with Crippen molar-refractivity contribution in [1.29, 1.82) is 0 Å². The normalized spacial score (nSPS) is 13.1. The lowest BCUT2D eigenvalue weighted by atomic mass is 10.1. The summed E-state index contributed by atoms with van der Waals surface area (Å²) in [7, 11) is 1.74. The van der Waals surface area contributed by atoms with Gasteiger partial charge in [-0.15, -0.1) is 11.3 Å². The van der Waals surface area contributed by atoms with Crippen molar-refractivity contribution < 1.29 is 18.0 Å². The number of benzene rings is 1. The second-order valence-corrected chi connectivity index (χ2v) is 8.46. The SMILES string of the molecule is CC(C(=O)Nc1ccc(Cl)cc1C(F)(F)F)N(C)Cc1ccc(Br)s1. The molecule has 0 saturated carbocycles. The number of thiophene rings is 1. The van der Waals surface area contributed by atoms with Gasteiger partial charge in [0.05, 0.1) is 21.1 Å². The summed E-state index contributed by atoms with van der Waals surface area (Å²) in [5.41, 5.74) is -1.27. The number of nitrogens with one attached hydrogen (secondary N) is 1. The van der Waals surface area contributed by atoms with Crippen molar-refractivity contribution in [2.75, 3.05) is 12.4 Å². The molecule has 0 spiro atoms. The molecule has 25 heavy (non-hydrogen) atoms. The van der Waals surface area contributed by atoms with E-state index in [0.29, 0.717) is 6.54 Å². The molecule has 136 valence electrons. The molecule has 0 radical (unpaired) electrons. The van der Waals surface area contributed by atoms with Crippen LogP contribution in [0, 0.1) is 0 Å². The molecule has 1 atom stereocenters. The van der Waals surface area contributed by atoms with Gasteiger partial charge in [0.15, 0.2) is 0 Å². The summed E-state index contributed by atoms with van der Waals surface area (Å²) in [4.78, 5) is 15.2.